The minimum atomic E-state index is 0.451. The van der Waals surface area contributed by atoms with Crippen molar-refractivity contribution < 1.29 is 4.74 Å². The van der Waals surface area contributed by atoms with Crippen molar-refractivity contribution in [3.8, 4) is 22.6 Å². The second kappa shape index (κ2) is 8.08. The van der Waals surface area contributed by atoms with Gasteiger partial charge < -0.3 is 15.8 Å². The maximum atomic E-state index is 6.20. The Kier molecular flexibility index (Phi) is 5.19. The lowest BCUT2D eigenvalue weighted by Gasteiger charge is -2.24. The molecule has 3 N–H and O–H groups in total. The Labute approximate surface area is 159 Å². The van der Waals surface area contributed by atoms with E-state index >= 15 is 0 Å². The zero-order valence-corrected chi connectivity index (χ0v) is 15.3. The van der Waals surface area contributed by atoms with Gasteiger partial charge in [-0.05, 0) is 42.7 Å². The molecule has 0 amide bonds. The summed E-state index contributed by atoms with van der Waals surface area (Å²) in [5.74, 6) is 2.89. The van der Waals surface area contributed by atoms with Gasteiger partial charge in [0.1, 0.15) is 29.5 Å². The molecular weight excluding hydrogens is 336 g/mol. The number of benzene rings is 2. The summed E-state index contributed by atoms with van der Waals surface area (Å²) in [6.07, 6.45) is 7.72. The van der Waals surface area contributed by atoms with Crippen molar-refractivity contribution >= 4 is 11.6 Å². The van der Waals surface area contributed by atoms with E-state index in [-0.39, 0.29) is 0 Å². The van der Waals surface area contributed by atoms with Crippen molar-refractivity contribution in [1.29, 1.82) is 0 Å². The summed E-state index contributed by atoms with van der Waals surface area (Å²) in [5, 5.41) is 3.58. The molecule has 1 heterocycles. The van der Waals surface area contributed by atoms with Crippen molar-refractivity contribution in [2.75, 3.05) is 11.1 Å². The minimum absolute atomic E-state index is 0.451. The number of ether oxygens (including phenoxy) is 1. The largest absolute Gasteiger partial charge is 0.457 e. The van der Waals surface area contributed by atoms with Crippen LogP contribution < -0.4 is 15.8 Å². The standard InChI is InChI=1S/C22H24N4O/c23-21-20(22(25-15-24-21)26-17-7-3-1-4-8-17)16-11-13-19(14-12-16)27-18-9-5-2-6-10-18/h2,5-6,9-15,17H,1,3-4,7-8H2,(H3,23,24,25,26). The molecule has 5 heteroatoms. The molecule has 0 aliphatic heterocycles. The summed E-state index contributed by atoms with van der Waals surface area (Å²) in [6, 6.07) is 18.1. The number of hydrogen-bond acceptors (Lipinski definition) is 5. The first kappa shape index (κ1) is 17.3. The predicted molar refractivity (Wildman–Crippen MR) is 109 cm³/mol. The van der Waals surface area contributed by atoms with Crippen LogP contribution in [0.25, 0.3) is 11.1 Å². The number of anilines is 2. The van der Waals surface area contributed by atoms with Crippen LogP contribution >= 0.6 is 0 Å². The molecule has 1 aliphatic rings. The topological polar surface area (TPSA) is 73.1 Å². The van der Waals surface area contributed by atoms with E-state index in [1.807, 2.05) is 54.6 Å². The minimum Gasteiger partial charge on any atom is -0.457 e. The summed E-state index contributed by atoms with van der Waals surface area (Å²) in [7, 11) is 0. The van der Waals surface area contributed by atoms with Crippen molar-refractivity contribution in [1.82, 2.24) is 9.97 Å². The quantitative estimate of drug-likeness (QED) is 0.649. The molecule has 1 aromatic heterocycles. The molecule has 5 nitrogen and oxygen atoms in total. The Morgan fingerprint density at radius 3 is 2.30 bits per heavy atom. The smallest absolute Gasteiger partial charge is 0.139 e. The number of rotatable bonds is 5. The Hall–Kier alpha value is -3.08. The van der Waals surface area contributed by atoms with Crippen LogP contribution in [0.5, 0.6) is 11.5 Å². The molecule has 3 aromatic rings. The lowest BCUT2D eigenvalue weighted by Crippen LogP contribution is -2.23. The number of nitrogens with two attached hydrogens (primary N) is 1. The zero-order chi connectivity index (χ0) is 18.5. The molecule has 138 valence electrons. The zero-order valence-electron chi connectivity index (χ0n) is 15.3. The molecular formula is C22H24N4O. The number of para-hydroxylation sites is 1. The normalized spacial score (nSPS) is 14.7. The van der Waals surface area contributed by atoms with Gasteiger partial charge in [0.05, 0.1) is 5.56 Å². The van der Waals surface area contributed by atoms with E-state index in [2.05, 4.69) is 15.3 Å². The molecule has 0 unspecified atom stereocenters. The molecule has 0 atom stereocenters. The highest BCUT2D eigenvalue weighted by atomic mass is 16.5. The summed E-state index contributed by atoms with van der Waals surface area (Å²) in [4.78, 5) is 8.66. The van der Waals surface area contributed by atoms with Crippen molar-refractivity contribution in [2.24, 2.45) is 0 Å². The number of hydrogen-bond donors (Lipinski definition) is 2. The number of nitrogens with zero attached hydrogens (tertiary/aromatic N) is 2. The molecule has 1 saturated carbocycles. The summed E-state index contributed by atoms with van der Waals surface area (Å²) in [5.41, 5.74) is 8.03. The van der Waals surface area contributed by atoms with Crippen LogP contribution in [0.1, 0.15) is 32.1 Å². The first-order valence-corrected chi connectivity index (χ1v) is 9.50. The third-order valence-corrected chi connectivity index (χ3v) is 4.94. The molecule has 0 saturated heterocycles. The highest BCUT2D eigenvalue weighted by Crippen LogP contribution is 2.34. The molecule has 2 aromatic carbocycles. The van der Waals surface area contributed by atoms with Crippen molar-refractivity contribution in [3.05, 3.63) is 60.9 Å². The van der Waals surface area contributed by atoms with Gasteiger partial charge in [-0.3, -0.25) is 0 Å². The van der Waals surface area contributed by atoms with Gasteiger partial charge in [-0.2, -0.15) is 0 Å². The van der Waals surface area contributed by atoms with Crippen LogP contribution in [0.15, 0.2) is 60.9 Å². The number of aromatic nitrogens is 2. The third-order valence-electron chi connectivity index (χ3n) is 4.94. The van der Waals surface area contributed by atoms with Crippen LogP contribution in [-0.4, -0.2) is 16.0 Å². The molecule has 4 rings (SSSR count). The Balaban J connectivity index is 1.57. The summed E-state index contributed by atoms with van der Waals surface area (Å²) >= 11 is 0. The van der Waals surface area contributed by atoms with Crippen molar-refractivity contribution in [3.63, 3.8) is 0 Å². The monoisotopic (exact) mass is 360 g/mol. The average molecular weight is 360 g/mol. The number of nitrogens with one attached hydrogen (secondary N) is 1. The van der Waals surface area contributed by atoms with Crippen LogP contribution in [0.2, 0.25) is 0 Å². The highest BCUT2D eigenvalue weighted by Gasteiger charge is 2.18. The van der Waals surface area contributed by atoms with Gasteiger partial charge in [0.25, 0.3) is 0 Å². The van der Waals surface area contributed by atoms with Gasteiger partial charge in [-0.25, -0.2) is 9.97 Å². The third kappa shape index (κ3) is 4.19. The maximum absolute atomic E-state index is 6.20. The van der Waals surface area contributed by atoms with Crippen LogP contribution in [-0.2, 0) is 0 Å². The second-order valence-electron chi connectivity index (χ2n) is 6.90. The Bertz CT molecular complexity index is 875. The van der Waals surface area contributed by atoms with E-state index in [0.29, 0.717) is 11.9 Å². The van der Waals surface area contributed by atoms with E-state index in [1.54, 1.807) is 0 Å². The number of nitrogen functional groups attached to an aromatic ring is 1. The average Bonchev–Trinajstić information content (AvgIpc) is 2.71. The maximum Gasteiger partial charge on any atom is 0.139 e. The first-order chi connectivity index (χ1) is 13.3. The van der Waals surface area contributed by atoms with Gasteiger partial charge in [-0.15, -0.1) is 0 Å². The van der Waals surface area contributed by atoms with Gasteiger partial charge in [-0.1, -0.05) is 49.6 Å². The first-order valence-electron chi connectivity index (χ1n) is 9.50. The lowest BCUT2D eigenvalue weighted by atomic mass is 9.95. The van der Waals surface area contributed by atoms with E-state index in [1.165, 1.54) is 38.4 Å². The van der Waals surface area contributed by atoms with E-state index in [9.17, 15) is 0 Å². The Morgan fingerprint density at radius 1 is 0.852 bits per heavy atom. The van der Waals surface area contributed by atoms with Crippen molar-refractivity contribution in [2.45, 2.75) is 38.1 Å². The van der Waals surface area contributed by atoms with E-state index in [0.717, 1.165) is 28.4 Å². The molecule has 27 heavy (non-hydrogen) atoms. The SMILES string of the molecule is Nc1ncnc(NC2CCCCC2)c1-c1ccc(Oc2ccccc2)cc1. The van der Waals surface area contributed by atoms with Gasteiger partial charge in [0.15, 0.2) is 0 Å². The fraction of sp³-hybridized carbons (Fsp3) is 0.273. The second-order valence-corrected chi connectivity index (χ2v) is 6.90. The fourth-order valence-electron chi connectivity index (χ4n) is 3.55. The van der Waals surface area contributed by atoms with Crippen LogP contribution in [0, 0.1) is 0 Å². The molecule has 0 radical (unpaired) electrons. The predicted octanol–water partition coefficient (Wildman–Crippen LogP) is 5.26. The lowest BCUT2D eigenvalue weighted by molar-refractivity contribution is 0.462. The van der Waals surface area contributed by atoms with Crippen LogP contribution in [0.3, 0.4) is 0 Å². The van der Waals surface area contributed by atoms with Gasteiger partial charge in [0, 0.05) is 6.04 Å². The fourth-order valence-corrected chi connectivity index (χ4v) is 3.55. The Morgan fingerprint density at radius 2 is 1.56 bits per heavy atom. The molecule has 0 bridgehead atoms. The highest BCUT2D eigenvalue weighted by molar-refractivity contribution is 5.83. The van der Waals surface area contributed by atoms with Gasteiger partial charge in [0.2, 0.25) is 0 Å². The summed E-state index contributed by atoms with van der Waals surface area (Å²) in [6.45, 7) is 0. The molecule has 1 fully saturated rings. The van der Waals surface area contributed by atoms with Gasteiger partial charge >= 0.3 is 0 Å². The molecule has 0 spiro atoms. The summed E-state index contributed by atoms with van der Waals surface area (Å²) < 4.78 is 5.87. The van der Waals surface area contributed by atoms with Crippen LogP contribution in [0.4, 0.5) is 11.6 Å². The molecule has 1 aliphatic carbocycles. The van der Waals surface area contributed by atoms with E-state index < -0.39 is 0 Å². The van der Waals surface area contributed by atoms with E-state index in [4.69, 9.17) is 10.5 Å².